The molecule has 0 atom stereocenters. The van der Waals surface area contributed by atoms with Crippen LogP contribution in [0.5, 0.6) is 0 Å². The van der Waals surface area contributed by atoms with Gasteiger partial charge in [-0.1, -0.05) is 32.9 Å². The monoisotopic (exact) mass is 429 g/mol. The van der Waals surface area contributed by atoms with E-state index in [0.717, 1.165) is 12.0 Å². The molecule has 1 aliphatic carbocycles. The third-order valence-electron chi connectivity index (χ3n) is 5.17. The molecule has 1 N–H and O–H groups in total. The molecule has 0 bridgehead atoms. The van der Waals surface area contributed by atoms with E-state index >= 15 is 0 Å². The number of hydrogen-bond acceptors (Lipinski definition) is 3. The molecular weight excluding hydrogens is 403 g/mol. The molecule has 0 saturated carbocycles. The molecular formula is C20H26F3N3O2S. The maximum Gasteiger partial charge on any atom is 0.435 e. The summed E-state index contributed by atoms with van der Waals surface area (Å²) in [5, 5.41) is 3.75. The van der Waals surface area contributed by atoms with Gasteiger partial charge in [-0.2, -0.15) is 18.3 Å². The molecule has 0 saturated heterocycles. The zero-order valence-electron chi connectivity index (χ0n) is 16.8. The Morgan fingerprint density at radius 3 is 2.28 bits per heavy atom. The van der Waals surface area contributed by atoms with E-state index in [2.05, 4.69) is 9.82 Å². The van der Waals surface area contributed by atoms with Gasteiger partial charge in [-0.3, -0.25) is 4.68 Å². The molecule has 0 spiro atoms. The Morgan fingerprint density at radius 2 is 1.69 bits per heavy atom. The second-order valence-electron chi connectivity index (χ2n) is 8.37. The smallest absolute Gasteiger partial charge is 0.267 e. The molecule has 5 nitrogen and oxygen atoms in total. The Bertz CT molecular complexity index is 972. The van der Waals surface area contributed by atoms with Crippen LogP contribution in [0.25, 0.3) is 0 Å². The van der Waals surface area contributed by atoms with E-state index in [1.54, 1.807) is 24.3 Å². The van der Waals surface area contributed by atoms with Gasteiger partial charge in [-0.05, 0) is 48.8 Å². The summed E-state index contributed by atoms with van der Waals surface area (Å²) >= 11 is 0. The molecule has 160 valence electrons. The van der Waals surface area contributed by atoms with Gasteiger partial charge in [0.05, 0.1) is 11.4 Å². The number of sulfonamides is 1. The first kappa shape index (κ1) is 21.8. The van der Waals surface area contributed by atoms with Crippen LogP contribution in [-0.4, -0.2) is 24.7 Å². The highest BCUT2D eigenvalue weighted by Gasteiger charge is 2.39. The van der Waals surface area contributed by atoms with Crippen molar-refractivity contribution in [3.05, 3.63) is 46.8 Å². The van der Waals surface area contributed by atoms with Gasteiger partial charge >= 0.3 is 6.18 Å². The molecule has 0 radical (unpaired) electrons. The van der Waals surface area contributed by atoms with Crippen LogP contribution in [0.3, 0.4) is 0 Å². The Kier molecular flexibility index (Phi) is 5.84. The van der Waals surface area contributed by atoms with E-state index in [-0.39, 0.29) is 29.0 Å². The van der Waals surface area contributed by atoms with E-state index in [1.165, 1.54) is 4.68 Å². The number of nitrogens with zero attached hydrogens (tertiary/aromatic N) is 2. The molecule has 0 unspecified atom stereocenters. The van der Waals surface area contributed by atoms with E-state index < -0.39 is 21.9 Å². The van der Waals surface area contributed by atoms with Crippen LogP contribution in [0.4, 0.5) is 13.2 Å². The molecule has 0 aliphatic heterocycles. The third kappa shape index (κ3) is 4.83. The van der Waals surface area contributed by atoms with Crippen LogP contribution < -0.4 is 4.72 Å². The number of hydrogen-bond donors (Lipinski definition) is 1. The second-order valence-corrected chi connectivity index (χ2v) is 10.1. The summed E-state index contributed by atoms with van der Waals surface area (Å²) in [6, 6.07) is 6.63. The van der Waals surface area contributed by atoms with Crippen molar-refractivity contribution in [2.45, 2.75) is 69.5 Å². The predicted molar refractivity (Wildman–Crippen MR) is 104 cm³/mol. The minimum Gasteiger partial charge on any atom is -0.267 e. The molecule has 1 aliphatic rings. The van der Waals surface area contributed by atoms with Crippen LogP contribution in [0, 0.1) is 0 Å². The van der Waals surface area contributed by atoms with Gasteiger partial charge in [-0.25, -0.2) is 13.1 Å². The van der Waals surface area contributed by atoms with Crippen molar-refractivity contribution in [1.82, 2.24) is 14.5 Å². The Labute approximate surface area is 169 Å². The maximum atomic E-state index is 13.3. The summed E-state index contributed by atoms with van der Waals surface area (Å²) < 4.78 is 68.6. The van der Waals surface area contributed by atoms with Crippen molar-refractivity contribution in [2.24, 2.45) is 0 Å². The number of nitrogens with one attached hydrogen (secondary N) is 1. The van der Waals surface area contributed by atoms with Crippen molar-refractivity contribution in [2.75, 3.05) is 6.54 Å². The Morgan fingerprint density at radius 1 is 1.07 bits per heavy atom. The zero-order valence-corrected chi connectivity index (χ0v) is 17.6. The number of benzene rings is 1. The first-order chi connectivity index (χ1) is 13.4. The lowest BCUT2D eigenvalue weighted by Gasteiger charge is -2.19. The summed E-state index contributed by atoms with van der Waals surface area (Å²) in [7, 11) is -3.75. The largest absolute Gasteiger partial charge is 0.435 e. The minimum atomic E-state index is -4.50. The fraction of sp³-hybridized carbons (Fsp3) is 0.550. The average molecular weight is 430 g/mol. The summed E-state index contributed by atoms with van der Waals surface area (Å²) in [5.74, 6) is 0. The molecule has 1 heterocycles. The zero-order chi connectivity index (χ0) is 21.4. The first-order valence-corrected chi connectivity index (χ1v) is 11.1. The van der Waals surface area contributed by atoms with Crippen LogP contribution in [0.2, 0.25) is 0 Å². The van der Waals surface area contributed by atoms with Crippen LogP contribution in [0.1, 0.15) is 56.1 Å². The van der Waals surface area contributed by atoms with Gasteiger partial charge in [0, 0.05) is 17.8 Å². The average Bonchev–Trinajstić information content (AvgIpc) is 3.00. The van der Waals surface area contributed by atoms with E-state index in [4.69, 9.17) is 0 Å². The van der Waals surface area contributed by atoms with Crippen LogP contribution >= 0.6 is 0 Å². The van der Waals surface area contributed by atoms with Crippen LogP contribution in [-0.2, 0) is 41.0 Å². The third-order valence-corrected chi connectivity index (χ3v) is 6.65. The van der Waals surface area contributed by atoms with Gasteiger partial charge in [0.1, 0.15) is 0 Å². The normalized spacial score (nSPS) is 15.4. The maximum absolute atomic E-state index is 13.3. The standard InChI is InChI=1S/C20H26F3N3O2S/c1-19(2,3)14-8-10-15(11-9-14)29(27,28)24-12-13-26-17-7-5-4-6-16(17)18(25-26)20(21,22)23/h8-11,24H,4-7,12-13H2,1-3H3. The molecule has 2 aromatic rings. The van der Waals surface area contributed by atoms with E-state index in [0.29, 0.717) is 25.0 Å². The summed E-state index contributed by atoms with van der Waals surface area (Å²) in [5.41, 5.74) is 0.902. The molecule has 0 amide bonds. The lowest BCUT2D eigenvalue weighted by molar-refractivity contribution is -0.142. The number of rotatable bonds is 5. The molecule has 0 fully saturated rings. The molecule has 29 heavy (non-hydrogen) atoms. The fourth-order valence-corrected chi connectivity index (χ4v) is 4.61. The van der Waals surface area contributed by atoms with Crippen molar-refractivity contribution in [1.29, 1.82) is 0 Å². The number of alkyl halides is 3. The highest BCUT2D eigenvalue weighted by Crippen LogP contribution is 2.35. The predicted octanol–water partition coefficient (Wildman–Crippen LogP) is 4.06. The van der Waals surface area contributed by atoms with E-state index in [9.17, 15) is 21.6 Å². The lowest BCUT2D eigenvalue weighted by Crippen LogP contribution is -2.28. The first-order valence-electron chi connectivity index (χ1n) is 9.65. The SMILES string of the molecule is CC(C)(C)c1ccc(S(=O)(=O)NCCn2nc(C(F)(F)F)c3c2CCCC3)cc1. The van der Waals surface area contributed by atoms with Crippen molar-refractivity contribution >= 4 is 10.0 Å². The highest BCUT2D eigenvalue weighted by atomic mass is 32.2. The van der Waals surface area contributed by atoms with Gasteiger partial charge in [0.25, 0.3) is 0 Å². The van der Waals surface area contributed by atoms with Crippen molar-refractivity contribution < 1.29 is 21.6 Å². The highest BCUT2D eigenvalue weighted by molar-refractivity contribution is 7.89. The number of aromatic nitrogens is 2. The molecule has 3 rings (SSSR count). The van der Waals surface area contributed by atoms with Crippen molar-refractivity contribution in [3.8, 4) is 0 Å². The van der Waals surface area contributed by atoms with Gasteiger partial charge in [0.2, 0.25) is 10.0 Å². The van der Waals surface area contributed by atoms with Gasteiger partial charge in [-0.15, -0.1) is 0 Å². The van der Waals surface area contributed by atoms with Gasteiger partial charge in [0.15, 0.2) is 5.69 Å². The van der Waals surface area contributed by atoms with Crippen LogP contribution in [0.15, 0.2) is 29.2 Å². The molecule has 1 aromatic carbocycles. The Hall–Kier alpha value is -1.87. The number of halogens is 3. The summed E-state index contributed by atoms with van der Waals surface area (Å²) in [6.45, 7) is 6.13. The topological polar surface area (TPSA) is 64.0 Å². The lowest BCUT2D eigenvalue weighted by atomic mass is 9.87. The van der Waals surface area contributed by atoms with Crippen molar-refractivity contribution in [3.63, 3.8) is 0 Å². The quantitative estimate of drug-likeness (QED) is 0.780. The molecule has 9 heteroatoms. The summed E-state index contributed by atoms with van der Waals surface area (Å²) in [4.78, 5) is 0.129. The van der Waals surface area contributed by atoms with E-state index in [1.807, 2.05) is 20.8 Å². The fourth-order valence-electron chi connectivity index (χ4n) is 3.59. The molecule has 1 aromatic heterocycles. The minimum absolute atomic E-state index is 0.0330. The number of fused-ring (bicyclic) bond motifs is 1. The van der Waals surface area contributed by atoms with Gasteiger partial charge < -0.3 is 0 Å². The Balaban J connectivity index is 1.72. The summed E-state index contributed by atoms with van der Waals surface area (Å²) in [6.07, 6.45) is -2.10. The second kappa shape index (κ2) is 7.75.